The fraction of sp³-hybridized carbons (Fsp3) is 0.571. The van der Waals surface area contributed by atoms with Gasteiger partial charge in [-0.3, -0.25) is 4.79 Å². The summed E-state index contributed by atoms with van der Waals surface area (Å²) in [6.45, 7) is 3.33. The molecule has 1 fully saturated rings. The van der Waals surface area contributed by atoms with Crippen molar-refractivity contribution in [2.75, 3.05) is 25.5 Å². The summed E-state index contributed by atoms with van der Waals surface area (Å²) in [6, 6.07) is 1.44. The third-order valence-corrected chi connectivity index (χ3v) is 3.24. The lowest BCUT2D eigenvalue weighted by molar-refractivity contribution is 0.0784. The first-order valence-corrected chi connectivity index (χ1v) is 6.77. The smallest absolute Gasteiger partial charge is 0.256 e. The molecule has 0 atom stereocenters. The number of anilines is 1. The maximum Gasteiger partial charge on any atom is 0.256 e. The van der Waals surface area contributed by atoms with E-state index < -0.39 is 5.82 Å². The van der Waals surface area contributed by atoms with Crippen LogP contribution in [0.2, 0.25) is 0 Å². The molecule has 1 aromatic rings. The van der Waals surface area contributed by atoms with Crippen molar-refractivity contribution in [3.8, 4) is 0 Å². The van der Waals surface area contributed by atoms with E-state index in [0.29, 0.717) is 19.0 Å². The van der Waals surface area contributed by atoms with Crippen molar-refractivity contribution >= 4 is 11.7 Å². The lowest BCUT2D eigenvalue weighted by Gasteiger charge is -2.17. The second-order valence-corrected chi connectivity index (χ2v) is 5.08. The van der Waals surface area contributed by atoms with Gasteiger partial charge in [0.25, 0.3) is 5.91 Å². The van der Waals surface area contributed by atoms with Crippen LogP contribution in [0.25, 0.3) is 0 Å². The van der Waals surface area contributed by atoms with Crippen LogP contribution in [-0.2, 0) is 0 Å². The van der Waals surface area contributed by atoms with Crippen molar-refractivity contribution in [2.45, 2.75) is 26.2 Å². The predicted octanol–water partition coefficient (Wildman–Crippen LogP) is 2.52. The highest BCUT2D eigenvalue weighted by molar-refractivity contribution is 5.95. The number of hydrogen-bond donors (Lipinski definition) is 1. The predicted molar refractivity (Wildman–Crippen MR) is 72.7 cm³/mol. The van der Waals surface area contributed by atoms with E-state index in [4.69, 9.17) is 0 Å². The molecule has 2 rings (SSSR count). The zero-order chi connectivity index (χ0) is 13.8. The Morgan fingerprint density at radius 2 is 2.32 bits per heavy atom. The number of rotatable bonds is 6. The van der Waals surface area contributed by atoms with Crippen LogP contribution >= 0.6 is 0 Å². The molecule has 0 bridgehead atoms. The van der Waals surface area contributed by atoms with E-state index in [-0.39, 0.29) is 17.3 Å². The summed E-state index contributed by atoms with van der Waals surface area (Å²) in [5, 5.41) is 2.89. The maximum absolute atomic E-state index is 14.2. The van der Waals surface area contributed by atoms with Gasteiger partial charge in [0.2, 0.25) is 0 Å². The maximum atomic E-state index is 14.2. The first kappa shape index (κ1) is 13.8. The molecule has 1 aliphatic rings. The third kappa shape index (κ3) is 3.43. The molecule has 0 saturated heterocycles. The highest BCUT2D eigenvalue weighted by Crippen LogP contribution is 2.30. The van der Waals surface area contributed by atoms with E-state index in [1.807, 2.05) is 6.92 Å². The van der Waals surface area contributed by atoms with Gasteiger partial charge in [-0.15, -0.1) is 0 Å². The quantitative estimate of drug-likeness (QED) is 0.859. The molecule has 1 heterocycles. The SMILES string of the molecule is CCCNc1nccc(C(=O)N(C)CC2CC2)c1F. The fourth-order valence-electron chi connectivity index (χ4n) is 1.95. The number of carbonyl (C=O) groups is 1. The van der Waals surface area contributed by atoms with E-state index in [1.165, 1.54) is 25.1 Å². The van der Waals surface area contributed by atoms with Crippen LogP contribution < -0.4 is 5.32 Å². The van der Waals surface area contributed by atoms with E-state index in [0.717, 1.165) is 6.42 Å². The summed E-state index contributed by atoms with van der Waals surface area (Å²) >= 11 is 0. The molecule has 104 valence electrons. The number of amides is 1. The summed E-state index contributed by atoms with van der Waals surface area (Å²) in [6.07, 6.45) is 4.68. The molecular weight excluding hydrogens is 245 g/mol. The summed E-state index contributed by atoms with van der Waals surface area (Å²) < 4.78 is 14.2. The topological polar surface area (TPSA) is 45.2 Å². The van der Waals surface area contributed by atoms with Crippen LogP contribution in [0.5, 0.6) is 0 Å². The Hall–Kier alpha value is -1.65. The van der Waals surface area contributed by atoms with Crippen LogP contribution in [0.4, 0.5) is 10.2 Å². The summed E-state index contributed by atoms with van der Waals surface area (Å²) in [5.41, 5.74) is 0.0942. The van der Waals surface area contributed by atoms with Crippen molar-refractivity contribution in [1.82, 2.24) is 9.88 Å². The second kappa shape index (κ2) is 5.99. The van der Waals surface area contributed by atoms with E-state index in [2.05, 4.69) is 10.3 Å². The number of carbonyl (C=O) groups excluding carboxylic acids is 1. The van der Waals surface area contributed by atoms with E-state index >= 15 is 0 Å². The van der Waals surface area contributed by atoms with Gasteiger partial charge >= 0.3 is 0 Å². The third-order valence-electron chi connectivity index (χ3n) is 3.24. The molecule has 0 aliphatic heterocycles. The number of halogens is 1. The molecule has 0 spiro atoms. The molecule has 4 nitrogen and oxygen atoms in total. The number of nitrogens with zero attached hydrogens (tertiary/aromatic N) is 2. The standard InChI is InChI=1S/C14H20FN3O/c1-3-7-16-13-12(15)11(6-8-17-13)14(19)18(2)9-10-4-5-10/h6,8,10H,3-5,7,9H2,1-2H3,(H,16,17). The number of aromatic nitrogens is 1. The Kier molecular flexibility index (Phi) is 4.35. The fourth-order valence-corrected chi connectivity index (χ4v) is 1.95. The molecule has 0 unspecified atom stereocenters. The van der Waals surface area contributed by atoms with Gasteiger partial charge in [-0.2, -0.15) is 0 Å². The molecule has 1 N–H and O–H groups in total. The number of pyridine rings is 1. The first-order chi connectivity index (χ1) is 9.13. The van der Waals surface area contributed by atoms with Crippen LogP contribution in [0.1, 0.15) is 36.5 Å². The highest BCUT2D eigenvalue weighted by atomic mass is 19.1. The van der Waals surface area contributed by atoms with Gasteiger partial charge in [0.1, 0.15) is 0 Å². The molecule has 1 aromatic heterocycles. The molecule has 0 aromatic carbocycles. The Balaban J connectivity index is 2.11. The van der Waals surface area contributed by atoms with Crippen molar-refractivity contribution < 1.29 is 9.18 Å². The van der Waals surface area contributed by atoms with Crippen LogP contribution in [0.3, 0.4) is 0 Å². The van der Waals surface area contributed by atoms with Crippen molar-refractivity contribution in [3.63, 3.8) is 0 Å². The Bertz CT molecular complexity index is 460. The molecule has 1 saturated carbocycles. The average molecular weight is 265 g/mol. The monoisotopic (exact) mass is 265 g/mol. The Morgan fingerprint density at radius 3 is 2.95 bits per heavy atom. The minimum absolute atomic E-state index is 0.0942. The summed E-state index contributed by atoms with van der Waals surface area (Å²) in [5.74, 6) is -0.0704. The molecule has 1 aliphatic carbocycles. The van der Waals surface area contributed by atoms with Gasteiger partial charge in [0, 0.05) is 26.3 Å². The van der Waals surface area contributed by atoms with Crippen LogP contribution in [0, 0.1) is 11.7 Å². The zero-order valence-corrected chi connectivity index (χ0v) is 11.4. The van der Waals surface area contributed by atoms with Crippen LogP contribution in [0.15, 0.2) is 12.3 Å². The number of nitrogens with one attached hydrogen (secondary N) is 1. The van der Waals surface area contributed by atoms with Gasteiger partial charge in [-0.25, -0.2) is 9.37 Å². The largest absolute Gasteiger partial charge is 0.368 e. The van der Waals surface area contributed by atoms with Crippen LogP contribution in [-0.4, -0.2) is 35.9 Å². The minimum atomic E-state index is -0.552. The molecular formula is C14H20FN3O. The van der Waals surface area contributed by atoms with Gasteiger partial charge in [0.15, 0.2) is 11.6 Å². The average Bonchev–Trinajstić information content (AvgIpc) is 3.20. The molecule has 5 heteroatoms. The summed E-state index contributed by atoms with van der Waals surface area (Å²) in [7, 11) is 1.72. The normalized spacial score (nSPS) is 14.3. The first-order valence-electron chi connectivity index (χ1n) is 6.77. The minimum Gasteiger partial charge on any atom is -0.368 e. The second-order valence-electron chi connectivity index (χ2n) is 5.08. The lowest BCUT2D eigenvalue weighted by atomic mass is 10.2. The van der Waals surface area contributed by atoms with Gasteiger partial charge in [0.05, 0.1) is 5.56 Å². The molecule has 1 amide bonds. The highest BCUT2D eigenvalue weighted by Gasteiger charge is 2.26. The Labute approximate surface area is 113 Å². The Morgan fingerprint density at radius 1 is 1.58 bits per heavy atom. The molecule has 0 radical (unpaired) electrons. The van der Waals surface area contributed by atoms with Crippen molar-refractivity contribution in [2.24, 2.45) is 5.92 Å². The number of hydrogen-bond acceptors (Lipinski definition) is 3. The zero-order valence-electron chi connectivity index (χ0n) is 11.4. The lowest BCUT2D eigenvalue weighted by Crippen LogP contribution is -2.29. The van der Waals surface area contributed by atoms with E-state index in [1.54, 1.807) is 11.9 Å². The van der Waals surface area contributed by atoms with Gasteiger partial charge < -0.3 is 10.2 Å². The van der Waals surface area contributed by atoms with Crippen molar-refractivity contribution in [1.29, 1.82) is 0 Å². The van der Waals surface area contributed by atoms with Gasteiger partial charge in [-0.1, -0.05) is 6.92 Å². The van der Waals surface area contributed by atoms with E-state index in [9.17, 15) is 9.18 Å². The van der Waals surface area contributed by atoms with Crippen molar-refractivity contribution in [3.05, 3.63) is 23.6 Å². The molecule has 19 heavy (non-hydrogen) atoms. The van der Waals surface area contributed by atoms with Gasteiger partial charge in [-0.05, 0) is 31.2 Å². The summed E-state index contributed by atoms with van der Waals surface area (Å²) in [4.78, 5) is 17.7.